The largest absolute Gasteiger partial charge is 0.493 e. The van der Waals surface area contributed by atoms with Gasteiger partial charge in [-0.1, -0.05) is 42.5 Å². The van der Waals surface area contributed by atoms with E-state index in [4.69, 9.17) is 15.2 Å². The first kappa shape index (κ1) is 26.5. The van der Waals surface area contributed by atoms with Gasteiger partial charge in [-0.15, -0.1) is 0 Å². The number of benzene rings is 3. The van der Waals surface area contributed by atoms with E-state index >= 15 is 0 Å². The fraction of sp³-hybridized carbons (Fsp3) is 0.321. The normalized spacial score (nSPS) is 16.6. The molecule has 0 aromatic heterocycles. The smallest absolute Gasteiger partial charge is 0.419 e. The summed E-state index contributed by atoms with van der Waals surface area (Å²) < 4.78 is 65.7. The lowest BCUT2D eigenvalue weighted by atomic mass is 9.86. The van der Waals surface area contributed by atoms with Crippen LogP contribution in [-0.4, -0.2) is 31.6 Å². The van der Waals surface area contributed by atoms with E-state index in [1.807, 2.05) is 47.4 Å². The summed E-state index contributed by atoms with van der Waals surface area (Å²) in [6.45, 7) is 0.459. The van der Waals surface area contributed by atoms with Crippen molar-refractivity contribution in [1.82, 2.24) is 4.90 Å². The molecule has 0 spiro atoms. The first-order chi connectivity index (χ1) is 17.7. The van der Waals surface area contributed by atoms with Crippen molar-refractivity contribution in [2.45, 2.75) is 37.5 Å². The van der Waals surface area contributed by atoms with Crippen molar-refractivity contribution in [1.29, 1.82) is 0 Å². The highest BCUT2D eigenvalue weighted by Crippen LogP contribution is 2.43. The van der Waals surface area contributed by atoms with Crippen molar-refractivity contribution >= 4 is 5.91 Å². The van der Waals surface area contributed by atoms with Crippen molar-refractivity contribution in [2.75, 3.05) is 20.8 Å². The Kier molecular flexibility index (Phi) is 7.73. The van der Waals surface area contributed by atoms with Crippen molar-refractivity contribution < 1.29 is 31.8 Å². The number of primary amides is 1. The van der Waals surface area contributed by atoms with Crippen LogP contribution in [0.25, 0.3) is 0 Å². The molecule has 1 aliphatic rings. The Morgan fingerprint density at radius 2 is 1.73 bits per heavy atom. The molecule has 5 nitrogen and oxygen atoms in total. The molecular weight excluding hydrogens is 488 g/mol. The van der Waals surface area contributed by atoms with E-state index in [0.717, 1.165) is 17.2 Å². The summed E-state index contributed by atoms with van der Waals surface area (Å²) in [5, 5.41) is 0. The molecule has 1 heterocycles. The number of methoxy groups -OCH3 is 2. The molecule has 3 aromatic rings. The maximum atomic E-state index is 14.8. The summed E-state index contributed by atoms with van der Waals surface area (Å²) in [4.78, 5) is 14.7. The van der Waals surface area contributed by atoms with Gasteiger partial charge in [0, 0.05) is 12.6 Å². The molecule has 0 unspecified atom stereocenters. The van der Waals surface area contributed by atoms with Gasteiger partial charge in [0.05, 0.1) is 19.8 Å². The molecule has 4 rings (SSSR count). The number of alkyl halides is 3. The second-order valence-electron chi connectivity index (χ2n) is 8.94. The zero-order valence-corrected chi connectivity index (χ0v) is 20.5. The number of hydrogen-bond donors (Lipinski definition) is 1. The second-order valence-corrected chi connectivity index (χ2v) is 8.94. The quantitative estimate of drug-likeness (QED) is 0.395. The minimum absolute atomic E-state index is 0.0188. The topological polar surface area (TPSA) is 64.8 Å². The molecule has 0 saturated heterocycles. The number of fused-ring (bicyclic) bond motifs is 1. The lowest BCUT2D eigenvalue weighted by molar-refractivity contribution is -0.140. The highest BCUT2D eigenvalue weighted by Gasteiger charge is 2.38. The van der Waals surface area contributed by atoms with Crippen LogP contribution < -0.4 is 15.2 Å². The summed E-state index contributed by atoms with van der Waals surface area (Å²) >= 11 is 0. The van der Waals surface area contributed by atoms with Crippen LogP contribution in [-0.2, 0) is 23.8 Å². The van der Waals surface area contributed by atoms with Gasteiger partial charge in [-0.05, 0) is 59.7 Å². The molecular formula is C28H28F4N2O3. The molecule has 0 radical (unpaired) electrons. The van der Waals surface area contributed by atoms with Crippen LogP contribution in [0, 0.1) is 5.82 Å². The molecule has 196 valence electrons. The highest BCUT2D eigenvalue weighted by atomic mass is 19.4. The fourth-order valence-electron chi connectivity index (χ4n) is 5.12. The SMILES string of the molecule is COc1cc2c(cc1OC)[C@H](CCc1cccc(C(F)(F)F)c1F)N([C@@H](C(N)=O)c1ccccc1)CC2. The van der Waals surface area contributed by atoms with Gasteiger partial charge in [0.25, 0.3) is 0 Å². The van der Waals surface area contributed by atoms with Gasteiger partial charge < -0.3 is 15.2 Å². The number of rotatable bonds is 8. The maximum Gasteiger partial charge on any atom is 0.419 e. The number of amides is 1. The molecule has 0 bridgehead atoms. The molecule has 2 atom stereocenters. The van der Waals surface area contributed by atoms with Crippen LogP contribution >= 0.6 is 0 Å². The van der Waals surface area contributed by atoms with Crippen LogP contribution in [0.4, 0.5) is 17.6 Å². The van der Waals surface area contributed by atoms with Crippen LogP contribution in [0.3, 0.4) is 0 Å². The number of carbonyl (C=O) groups excluding carboxylic acids is 1. The van der Waals surface area contributed by atoms with Crippen molar-refractivity contribution in [3.63, 3.8) is 0 Å². The Morgan fingerprint density at radius 1 is 1.05 bits per heavy atom. The maximum absolute atomic E-state index is 14.8. The molecule has 0 fully saturated rings. The average Bonchev–Trinajstić information content (AvgIpc) is 2.87. The molecule has 9 heteroatoms. The van der Waals surface area contributed by atoms with E-state index in [-0.39, 0.29) is 18.4 Å². The third-order valence-electron chi connectivity index (χ3n) is 6.83. The third-order valence-corrected chi connectivity index (χ3v) is 6.83. The molecule has 3 aromatic carbocycles. The lowest BCUT2D eigenvalue weighted by Gasteiger charge is -2.41. The van der Waals surface area contributed by atoms with Crippen molar-refractivity contribution in [2.24, 2.45) is 5.73 Å². The monoisotopic (exact) mass is 516 g/mol. The number of hydrogen-bond acceptors (Lipinski definition) is 4. The van der Waals surface area contributed by atoms with E-state index in [1.54, 1.807) is 0 Å². The summed E-state index contributed by atoms with van der Waals surface area (Å²) in [6, 6.07) is 14.8. The summed E-state index contributed by atoms with van der Waals surface area (Å²) in [5.41, 5.74) is 7.03. The molecule has 2 N–H and O–H groups in total. The first-order valence-corrected chi connectivity index (χ1v) is 11.8. The molecule has 37 heavy (non-hydrogen) atoms. The molecule has 1 amide bonds. The fourth-order valence-corrected chi connectivity index (χ4v) is 5.12. The van der Waals surface area contributed by atoms with Gasteiger partial charge in [-0.3, -0.25) is 9.69 Å². The number of ether oxygens (including phenoxy) is 2. The Morgan fingerprint density at radius 3 is 2.35 bits per heavy atom. The van der Waals surface area contributed by atoms with Crippen LogP contribution in [0.5, 0.6) is 11.5 Å². The summed E-state index contributed by atoms with van der Waals surface area (Å²) in [7, 11) is 3.04. The third kappa shape index (κ3) is 5.41. The van der Waals surface area contributed by atoms with E-state index in [9.17, 15) is 22.4 Å². The van der Waals surface area contributed by atoms with Gasteiger partial charge in [0.2, 0.25) is 5.91 Å². The lowest BCUT2D eigenvalue weighted by Crippen LogP contribution is -2.44. The van der Waals surface area contributed by atoms with Crippen LogP contribution in [0.15, 0.2) is 60.7 Å². The Hall–Kier alpha value is -3.59. The Bertz CT molecular complexity index is 1260. The van der Waals surface area contributed by atoms with Gasteiger partial charge >= 0.3 is 6.18 Å². The predicted octanol–water partition coefficient (Wildman–Crippen LogP) is 5.62. The number of carbonyl (C=O) groups is 1. The first-order valence-electron chi connectivity index (χ1n) is 11.8. The predicted molar refractivity (Wildman–Crippen MR) is 131 cm³/mol. The minimum Gasteiger partial charge on any atom is -0.493 e. The summed E-state index contributed by atoms with van der Waals surface area (Å²) in [6.07, 6.45) is -3.94. The summed E-state index contributed by atoms with van der Waals surface area (Å²) in [5.74, 6) is -0.801. The van der Waals surface area contributed by atoms with Gasteiger partial charge in [-0.2, -0.15) is 13.2 Å². The second kappa shape index (κ2) is 10.8. The standard InChI is InChI=1S/C28H28F4N2O3/c1-36-23-15-19-13-14-34(26(27(33)35)18-7-4-3-5-8-18)22(20(19)16-24(23)37-2)12-11-17-9-6-10-21(25(17)29)28(30,31)32/h3-10,15-16,22,26H,11-14H2,1-2H3,(H2,33,35)/t22-,26+/m0/s1. The number of nitrogens with two attached hydrogens (primary N) is 1. The van der Waals surface area contributed by atoms with E-state index in [0.29, 0.717) is 30.0 Å². The highest BCUT2D eigenvalue weighted by molar-refractivity contribution is 5.81. The Labute approximate surface area is 212 Å². The molecule has 0 saturated carbocycles. The number of nitrogens with zero attached hydrogens (tertiary/aromatic N) is 1. The van der Waals surface area contributed by atoms with Gasteiger partial charge in [0.1, 0.15) is 11.9 Å². The number of aryl methyl sites for hydroxylation is 1. The van der Waals surface area contributed by atoms with Gasteiger partial charge in [-0.25, -0.2) is 4.39 Å². The van der Waals surface area contributed by atoms with E-state index in [2.05, 4.69) is 0 Å². The van der Waals surface area contributed by atoms with Gasteiger partial charge in [0.15, 0.2) is 11.5 Å². The number of halogens is 4. The van der Waals surface area contributed by atoms with E-state index < -0.39 is 35.5 Å². The minimum atomic E-state index is -4.79. The zero-order chi connectivity index (χ0) is 26.7. The Balaban J connectivity index is 1.77. The van der Waals surface area contributed by atoms with Crippen molar-refractivity contribution in [3.05, 3.63) is 94.3 Å². The van der Waals surface area contributed by atoms with Crippen molar-refractivity contribution in [3.8, 4) is 11.5 Å². The molecule has 1 aliphatic heterocycles. The van der Waals surface area contributed by atoms with Crippen LogP contribution in [0.1, 0.15) is 46.3 Å². The zero-order valence-electron chi connectivity index (χ0n) is 20.5. The average molecular weight is 517 g/mol. The van der Waals surface area contributed by atoms with E-state index in [1.165, 1.54) is 26.4 Å². The molecule has 0 aliphatic carbocycles. The van der Waals surface area contributed by atoms with Crippen LogP contribution in [0.2, 0.25) is 0 Å².